The lowest BCUT2D eigenvalue weighted by molar-refractivity contribution is 0.0697. The van der Waals surface area contributed by atoms with Crippen molar-refractivity contribution in [1.29, 1.82) is 0 Å². The number of ether oxygens (including phenoxy) is 1. The molecule has 0 atom stereocenters. The fraction of sp³-hybridized carbons (Fsp3) is 0.474. The predicted octanol–water partition coefficient (Wildman–Crippen LogP) is 5.12. The van der Waals surface area contributed by atoms with Crippen LogP contribution >= 0.6 is 0 Å². The van der Waals surface area contributed by atoms with Crippen molar-refractivity contribution in [3.8, 4) is 5.75 Å². The zero-order valence-electron chi connectivity index (χ0n) is 16.2. The van der Waals surface area contributed by atoms with Gasteiger partial charge in [0.05, 0.1) is 17.9 Å². The van der Waals surface area contributed by atoms with Crippen molar-refractivity contribution in [3.05, 3.63) is 29.5 Å². The molecule has 0 saturated heterocycles. The first-order valence-corrected chi connectivity index (χ1v) is 9.14. The van der Waals surface area contributed by atoms with Crippen LogP contribution in [0, 0.1) is 6.92 Å². The summed E-state index contributed by atoms with van der Waals surface area (Å²) in [7, 11) is 0. The normalized spacial score (nSPS) is 11.1. The SMILES string of the molecule is CCCN(CCC)c1cc(C(=O)O)c(N=Nc2cc(C)on2)cc1OCC. The number of nitrogens with zero attached hydrogens (tertiary/aromatic N) is 4. The van der Waals surface area contributed by atoms with E-state index >= 15 is 0 Å². The Labute approximate surface area is 158 Å². The Morgan fingerprint density at radius 3 is 2.41 bits per heavy atom. The maximum Gasteiger partial charge on any atom is 0.338 e. The lowest BCUT2D eigenvalue weighted by atomic mass is 10.1. The summed E-state index contributed by atoms with van der Waals surface area (Å²) in [6.45, 7) is 9.89. The van der Waals surface area contributed by atoms with E-state index in [-0.39, 0.29) is 17.1 Å². The van der Waals surface area contributed by atoms with Gasteiger partial charge in [-0.1, -0.05) is 19.0 Å². The summed E-state index contributed by atoms with van der Waals surface area (Å²) in [6.07, 6.45) is 1.89. The molecule has 1 aromatic carbocycles. The average molecular weight is 374 g/mol. The van der Waals surface area contributed by atoms with Crippen molar-refractivity contribution < 1.29 is 19.2 Å². The molecule has 0 amide bonds. The summed E-state index contributed by atoms with van der Waals surface area (Å²) >= 11 is 0. The maximum absolute atomic E-state index is 11.8. The number of aromatic nitrogens is 1. The van der Waals surface area contributed by atoms with Gasteiger partial charge in [-0.2, -0.15) is 0 Å². The fourth-order valence-electron chi connectivity index (χ4n) is 2.73. The minimum absolute atomic E-state index is 0.0645. The van der Waals surface area contributed by atoms with Gasteiger partial charge in [0.1, 0.15) is 17.2 Å². The van der Waals surface area contributed by atoms with E-state index in [9.17, 15) is 9.90 Å². The Morgan fingerprint density at radius 1 is 1.19 bits per heavy atom. The zero-order valence-corrected chi connectivity index (χ0v) is 16.2. The molecule has 27 heavy (non-hydrogen) atoms. The standard InChI is InChI=1S/C19H26N4O4/c1-5-8-23(9-6-2)16-11-14(19(24)25)15(12-17(16)26-7-3)20-21-18-10-13(4)27-22-18/h10-12H,5-9H2,1-4H3,(H,24,25). The highest BCUT2D eigenvalue weighted by Gasteiger charge is 2.19. The fourth-order valence-corrected chi connectivity index (χ4v) is 2.73. The van der Waals surface area contributed by atoms with Gasteiger partial charge in [-0.3, -0.25) is 0 Å². The van der Waals surface area contributed by atoms with E-state index in [1.807, 2.05) is 6.92 Å². The number of carboxylic acids is 1. The second-order valence-electron chi connectivity index (χ2n) is 6.06. The molecule has 0 aliphatic rings. The van der Waals surface area contributed by atoms with E-state index in [4.69, 9.17) is 9.26 Å². The first-order valence-electron chi connectivity index (χ1n) is 9.14. The Hall–Kier alpha value is -2.90. The number of aryl methyl sites for hydroxylation is 1. The third-order valence-electron chi connectivity index (χ3n) is 3.81. The van der Waals surface area contributed by atoms with Crippen molar-refractivity contribution >= 4 is 23.2 Å². The van der Waals surface area contributed by atoms with Crippen LogP contribution in [0.1, 0.15) is 49.7 Å². The third kappa shape index (κ3) is 5.29. The summed E-state index contributed by atoms with van der Waals surface area (Å²) < 4.78 is 10.7. The first-order chi connectivity index (χ1) is 13.0. The van der Waals surface area contributed by atoms with Gasteiger partial charge < -0.3 is 19.3 Å². The molecule has 146 valence electrons. The molecule has 8 heteroatoms. The molecule has 2 rings (SSSR count). The molecule has 2 aromatic rings. The molecule has 1 aromatic heterocycles. The van der Waals surface area contributed by atoms with E-state index in [1.165, 1.54) is 0 Å². The summed E-state index contributed by atoms with van der Waals surface area (Å²) in [6, 6.07) is 4.85. The van der Waals surface area contributed by atoms with Gasteiger partial charge in [-0.15, -0.1) is 10.2 Å². The van der Waals surface area contributed by atoms with Gasteiger partial charge in [-0.05, 0) is 32.8 Å². The largest absolute Gasteiger partial charge is 0.492 e. The molecule has 0 unspecified atom stereocenters. The van der Waals surface area contributed by atoms with Crippen LogP contribution in [0.5, 0.6) is 5.75 Å². The van der Waals surface area contributed by atoms with Crippen LogP contribution in [0.15, 0.2) is 33.0 Å². The number of aromatic carboxylic acids is 1. The Kier molecular flexibility index (Phi) is 7.34. The quantitative estimate of drug-likeness (QED) is 0.579. The number of rotatable bonds is 10. The smallest absolute Gasteiger partial charge is 0.338 e. The summed E-state index contributed by atoms with van der Waals surface area (Å²) in [5.41, 5.74) is 1.03. The minimum Gasteiger partial charge on any atom is -0.492 e. The molecule has 0 aliphatic carbocycles. The number of hydrogen-bond acceptors (Lipinski definition) is 7. The van der Waals surface area contributed by atoms with Crippen LogP contribution in [0.2, 0.25) is 0 Å². The number of hydrogen-bond donors (Lipinski definition) is 1. The van der Waals surface area contributed by atoms with Crippen LogP contribution in [0.25, 0.3) is 0 Å². The Morgan fingerprint density at radius 2 is 1.89 bits per heavy atom. The lowest BCUT2D eigenvalue weighted by Crippen LogP contribution is -2.25. The van der Waals surface area contributed by atoms with E-state index in [0.717, 1.165) is 31.6 Å². The van der Waals surface area contributed by atoms with Crippen LogP contribution in [-0.4, -0.2) is 35.9 Å². The van der Waals surface area contributed by atoms with E-state index < -0.39 is 5.97 Å². The second kappa shape index (κ2) is 9.70. The highest BCUT2D eigenvalue weighted by Crippen LogP contribution is 2.37. The predicted molar refractivity (Wildman–Crippen MR) is 103 cm³/mol. The molecule has 0 radical (unpaired) electrons. The minimum atomic E-state index is -1.07. The van der Waals surface area contributed by atoms with Crippen LogP contribution in [0.3, 0.4) is 0 Å². The molecule has 0 bridgehead atoms. The van der Waals surface area contributed by atoms with Gasteiger partial charge >= 0.3 is 5.97 Å². The summed E-state index contributed by atoms with van der Waals surface area (Å²) in [5.74, 6) is 0.402. The number of carbonyl (C=O) groups is 1. The molecule has 0 spiro atoms. The van der Waals surface area contributed by atoms with Crippen LogP contribution < -0.4 is 9.64 Å². The van der Waals surface area contributed by atoms with Gasteiger partial charge in [-0.25, -0.2) is 4.79 Å². The molecule has 0 saturated carbocycles. The molecule has 1 N–H and O–H groups in total. The van der Waals surface area contributed by atoms with E-state index in [1.54, 1.807) is 25.1 Å². The third-order valence-corrected chi connectivity index (χ3v) is 3.81. The van der Waals surface area contributed by atoms with Crippen molar-refractivity contribution in [1.82, 2.24) is 5.16 Å². The summed E-state index contributed by atoms with van der Waals surface area (Å²) in [4.78, 5) is 13.9. The number of anilines is 1. The highest BCUT2D eigenvalue weighted by molar-refractivity contribution is 5.95. The van der Waals surface area contributed by atoms with Crippen LogP contribution in [0.4, 0.5) is 17.2 Å². The monoisotopic (exact) mass is 374 g/mol. The Bertz CT molecular complexity index is 795. The van der Waals surface area contributed by atoms with Crippen molar-refractivity contribution in [2.75, 3.05) is 24.6 Å². The van der Waals surface area contributed by atoms with Crippen molar-refractivity contribution in [2.45, 2.75) is 40.5 Å². The topological polar surface area (TPSA) is 101 Å². The molecular weight excluding hydrogens is 348 g/mol. The Balaban J connectivity index is 2.51. The summed E-state index contributed by atoms with van der Waals surface area (Å²) in [5, 5.41) is 21.4. The second-order valence-corrected chi connectivity index (χ2v) is 6.06. The van der Waals surface area contributed by atoms with Gasteiger partial charge in [0.25, 0.3) is 0 Å². The van der Waals surface area contributed by atoms with Crippen molar-refractivity contribution in [2.24, 2.45) is 10.2 Å². The van der Waals surface area contributed by atoms with Gasteiger partial charge in [0.15, 0.2) is 0 Å². The van der Waals surface area contributed by atoms with E-state index in [2.05, 4.69) is 34.1 Å². The van der Waals surface area contributed by atoms with E-state index in [0.29, 0.717) is 18.1 Å². The first kappa shape index (κ1) is 20.4. The zero-order chi connectivity index (χ0) is 19.8. The number of azo groups is 1. The highest BCUT2D eigenvalue weighted by atomic mass is 16.5. The molecular formula is C19H26N4O4. The molecule has 0 aliphatic heterocycles. The van der Waals surface area contributed by atoms with Gasteiger partial charge in [0, 0.05) is 25.2 Å². The molecule has 1 heterocycles. The van der Waals surface area contributed by atoms with Gasteiger partial charge in [0.2, 0.25) is 5.82 Å². The number of carboxylic acid groups (broad SMARTS) is 1. The lowest BCUT2D eigenvalue weighted by Gasteiger charge is -2.26. The maximum atomic E-state index is 11.8. The molecule has 8 nitrogen and oxygen atoms in total. The van der Waals surface area contributed by atoms with Crippen LogP contribution in [-0.2, 0) is 0 Å². The molecule has 0 fully saturated rings. The van der Waals surface area contributed by atoms with Crippen molar-refractivity contribution in [3.63, 3.8) is 0 Å². The average Bonchev–Trinajstić information content (AvgIpc) is 3.05. The number of benzene rings is 1.